The molecule has 0 saturated heterocycles. The van der Waals surface area contributed by atoms with Crippen LogP contribution in [0.2, 0.25) is 0 Å². The Morgan fingerprint density at radius 3 is 1.74 bits per heavy atom. The van der Waals surface area contributed by atoms with Crippen LogP contribution in [-0.4, -0.2) is 41.8 Å². The molecule has 34 heavy (non-hydrogen) atoms. The highest BCUT2D eigenvalue weighted by Gasteiger charge is 2.09. The zero-order valence-electron chi connectivity index (χ0n) is 19.3. The Kier molecular flexibility index (Phi) is 7.71. The summed E-state index contributed by atoms with van der Waals surface area (Å²) in [5.74, 6) is 0.738. The van der Waals surface area contributed by atoms with E-state index in [1.165, 1.54) is 26.4 Å². The number of ether oxygens (including phenoxy) is 2. The van der Waals surface area contributed by atoms with E-state index < -0.39 is 5.91 Å². The van der Waals surface area contributed by atoms with Crippen LogP contribution in [0.25, 0.3) is 0 Å². The number of benzene rings is 3. The van der Waals surface area contributed by atoms with E-state index in [1.54, 1.807) is 62.4 Å². The molecule has 0 bridgehead atoms. The number of amides is 1. The van der Waals surface area contributed by atoms with Gasteiger partial charge in [0.2, 0.25) is 0 Å². The van der Waals surface area contributed by atoms with E-state index in [0.29, 0.717) is 45.3 Å². The van der Waals surface area contributed by atoms with E-state index in [9.17, 15) is 15.0 Å². The third-order valence-electron chi connectivity index (χ3n) is 5.01. The van der Waals surface area contributed by atoms with Gasteiger partial charge in [-0.3, -0.25) is 10.2 Å². The molecule has 0 aliphatic heterocycles. The van der Waals surface area contributed by atoms with Gasteiger partial charge in [0, 0.05) is 28.8 Å². The quantitative estimate of drug-likeness (QED) is 0.295. The molecule has 0 spiro atoms. The average molecular weight is 463 g/mol. The van der Waals surface area contributed by atoms with Gasteiger partial charge in [0.25, 0.3) is 5.91 Å². The lowest BCUT2D eigenvalue weighted by Crippen LogP contribution is -2.19. The van der Waals surface area contributed by atoms with Gasteiger partial charge in [0.15, 0.2) is 0 Å². The number of aromatic hydroxyl groups is 2. The molecule has 0 aromatic heterocycles. The molecule has 1 amide bonds. The van der Waals surface area contributed by atoms with Crippen LogP contribution >= 0.6 is 0 Å². The van der Waals surface area contributed by atoms with Gasteiger partial charge in [0.1, 0.15) is 23.0 Å². The molecule has 0 unspecified atom stereocenters. The average Bonchev–Trinajstić information content (AvgIpc) is 2.85. The van der Waals surface area contributed by atoms with E-state index in [0.717, 1.165) is 0 Å². The van der Waals surface area contributed by atoms with Crippen LogP contribution < -0.4 is 20.3 Å². The SMILES string of the molecule is COc1ccc(/C(C)=N/NC(=O)c2ccc(N/N=C(\C)c3ccc(OC)cc3O)cc2)c(O)c1. The minimum absolute atomic E-state index is 0.00378. The summed E-state index contributed by atoms with van der Waals surface area (Å²) in [6, 6.07) is 16.5. The van der Waals surface area contributed by atoms with Crippen molar-refractivity contribution in [1.82, 2.24) is 5.43 Å². The first-order valence-corrected chi connectivity index (χ1v) is 10.3. The molecule has 0 atom stereocenters. The molecule has 4 N–H and O–H groups in total. The highest BCUT2D eigenvalue weighted by atomic mass is 16.5. The maximum atomic E-state index is 12.4. The van der Waals surface area contributed by atoms with E-state index in [1.807, 2.05) is 0 Å². The molecule has 3 rings (SSSR count). The first-order valence-electron chi connectivity index (χ1n) is 10.3. The van der Waals surface area contributed by atoms with Crippen molar-refractivity contribution in [3.63, 3.8) is 0 Å². The number of hydrazone groups is 2. The summed E-state index contributed by atoms with van der Waals surface area (Å²) in [6.45, 7) is 3.44. The van der Waals surface area contributed by atoms with Crippen molar-refractivity contribution in [3.05, 3.63) is 77.4 Å². The lowest BCUT2D eigenvalue weighted by atomic mass is 10.1. The molecule has 3 aromatic rings. The molecule has 9 heteroatoms. The van der Waals surface area contributed by atoms with Crippen LogP contribution in [0.5, 0.6) is 23.0 Å². The van der Waals surface area contributed by atoms with Crippen LogP contribution in [0.3, 0.4) is 0 Å². The predicted octanol–water partition coefficient (Wildman–Crippen LogP) is 4.11. The number of methoxy groups -OCH3 is 2. The number of phenolic OH excluding ortho intramolecular Hbond substituents is 2. The fraction of sp³-hybridized carbons (Fsp3) is 0.160. The standard InChI is InChI=1S/C25H26N4O5/c1-15(21-11-9-19(33-3)13-23(21)30)26-28-18-7-5-17(6-8-18)25(32)29-27-16(2)22-12-10-20(34-4)14-24(22)31/h5-14,28,30-31H,1-4H3,(H,29,32)/b26-15+,27-16+. The van der Waals surface area contributed by atoms with Gasteiger partial charge in [-0.25, -0.2) is 5.43 Å². The fourth-order valence-corrected chi connectivity index (χ4v) is 3.05. The summed E-state index contributed by atoms with van der Waals surface area (Å²) in [5.41, 5.74) is 8.51. The van der Waals surface area contributed by atoms with Crippen molar-refractivity contribution >= 4 is 23.0 Å². The van der Waals surface area contributed by atoms with Gasteiger partial charge in [-0.2, -0.15) is 10.2 Å². The van der Waals surface area contributed by atoms with Crippen molar-refractivity contribution in [2.24, 2.45) is 10.2 Å². The number of hydrogen-bond acceptors (Lipinski definition) is 8. The van der Waals surface area contributed by atoms with E-state index in [2.05, 4.69) is 21.1 Å². The van der Waals surface area contributed by atoms with Crippen LogP contribution in [0.15, 0.2) is 70.9 Å². The molecule has 0 saturated carbocycles. The fourth-order valence-electron chi connectivity index (χ4n) is 3.05. The lowest BCUT2D eigenvalue weighted by Gasteiger charge is -2.08. The highest BCUT2D eigenvalue weighted by molar-refractivity contribution is 6.03. The zero-order valence-corrected chi connectivity index (χ0v) is 19.3. The van der Waals surface area contributed by atoms with Gasteiger partial charge in [0.05, 0.1) is 31.3 Å². The third-order valence-corrected chi connectivity index (χ3v) is 5.01. The molecule has 0 radical (unpaired) electrons. The largest absolute Gasteiger partial charge is 0.507 e. The number of nitrogens with zero attached hydrogens (tertiary/aromatic N) is 2. The summed E-state index contributed by atoms with van der Waals surface area (Å²) >= 11 is 0. The molecule has 0 fully saturated rings. The minimum atomic E-state index is -0.401. The van der Waals surface area contributed by atoms with Crippen LogP contribution in [0.1, 0.15) is 35.3 Å². The molecule has 3 aromatic carbocycles. The molecule has 9 nitrogen and oxygen atoms in total. The number of hydrogen-bond donors (Lipinski definition) is 4. The summed E-state index contributed by atoms with van der Waals surface area (Å²) in [7, 11) is 3.04. The first-order chi connectivity index (χ1) is 16.3. The van der Waals surface area contributed by atoms with Crippen LogP contribution in [-0.2, 0) is 0 Å². The van der Waals surface area contributed by atoms with Crippen molar-refractivity contribution < 1.29 is 24.5 Å². The second-order valence-electron chi connectivity index (χ2n) is 7.29. The predicted molar refractivity (Wildman–Crippen MR) is 131 cm³/mol. The Morgan fingerprint density at radius 1 is 0.765 bits per heavy atom. The number of phenols is 2. The maximum absolute atomic E-state index is 12.4. The Hall–Kier alpha value is -4.53. The van der Waals surface area contributed by atoms with Gasteiger partial charge >= 0.3 is 0 Å². The van der Waals surface area contributed by atoms with Crippen molar-refractivity contribution in [3.8, 4) is 23.0 Å². The van der Waals surface area contributed by atoms with Gasteiger partial charge < -0.3 is 19.7 Å². The zero-order chi connectivity index (χ0) is 24.7. The second kappa shape index (κ2) is 10.9. The second-order valence-corrected chi connectivity index (χ2v) is 7.29. The van der Waals surface area contributed by atoms with E-state index in [-0.39, 0.29) is 11.5 Å². The normalized spacial score (nSPS) is 11.6. The molecule has 0 heterocycles. The van der Waals surface area contributed by atoms with Crippen molar-refractivity contribution in [2.75, 3.05) is 19.6 Å². The summed E-state index contributed by atoms with van der Waals surface area (Å²) in [4.78, 5) is 12.4. The Bertz CT molecular complexity index is 1240. The van der Waals surface area contributed by atoms with Crippen molar-refractivity contribution in [1.29, 1.82) is 0 Å². The number of rotatable bonds is 8. The summed E-state index contributed by atoms with van der Waals surface area (Å²) in [6.07, 6.45) is 0. The molecular weight excluding hydrogens is 436 g/mol. The Labute approximate surface area is 197 Å². The highest BCUT2D eigenvalue weighted by Crippen LogP contribution is 2.25. The third kappa shape index (κ3) is 5.83. The Morgan fingerprint density at radius 2 is 1.26 bits per heavy atom. The maximum Gasteiger partial charge on any atom is 0.271 e. The summed E-state index contributed by atoms with van der Waals surface area (Å²) < 4.78 is 10.1. The number of carbonyl (C=O) groups excluding carboxylic acids is 1. The van der Waals surface area contributed by atoms with Crippen LogP contribution in [0, 0.1) is 0 Å². The molecule has 0 aliphatic carbocycles. The van der Waals surface area contributed by atoms with Crippen molar-refractivity contribution in [2.45, 2.75) is 13.8 Å². The van der Waals surface area contributed by atoms with E-state index >= 15 is 0 Å². The minimum Gasteiger partial charge on any atom is -0.507 e. The monoisotopic (exact) mass is 462 g/mol. The molecule has 176 valence electrons. The number of carbonyl (C=O) groups is 1. The van der Waals surface area contributed by atoms with Gasteiger partial charge in [-0.15, -0.1) is 0 Å². The van der Waals surface area contributed by atoms with Crippen LogP contribution in [0.4, 0.5) is 5.69 Å². The number of nitrogens with one attached hydrogen (secondary N) is 2. The topological polar surface area (TPSA) is 125 Å². The van der Waals surface area contributed by atoms with Gasteiger partial charge in [-0.1, -0.05) is 0 Å². The van der Waals surface area contributed by atoms with E-state index in [4.69, 9.17) is 9.47 Å². The smallest absolute Gasteiger partial charge is 0.271 e. The number of anilines is 1. The molecule has 0 aliphatic rings. The first kappa shape index (κ1) is 24.1. The lowest BCUT2D eigenvalue weighted by molar-refractivity contribution is 0.0955. The van der Waals surface area contributed by atoms with Gasteiger partial charge in [-0.05, 0) is 62.4 Å². The molecular formula is C25H26N4O5. The summed E-state index contributed by atoms with van der Waals surface area (Å²) in [5, 5.41) is 28.6. The Balaban J connectivity index is 1.63.